The third-order valence-electron chi connectivity index (χ3n) is 4.61. The number of thiol groups is 1. The maximum atomic E-state index is 12.7. The van der Waals surface area contributed by atoms with Crippen molar-refractivity contribution in [2.24, 2.45) is 0 Å². The molecule has 4 rings (SSSR count). The highest BCUT2D eigenvalue weighted by Crippen LogP contribution is 2.27. The number of fused-ring (bicyclic) bond motifs is 1. The number of amides is 3. The van der Waals surface area contributed by atoms with Crippen LogP contribution in [-0.2, 0) is 23.1 Å². The normalized spacial score (nSPS) is 10.8. The second kappa shape index (κ2) is 10.2. The highest BCUT2D eigenvalue weighted by Gasteiger charge is 2.16. The number of thiazole rings is 1. The number of carbonyl (C=O) groups excluding carboxylic acids is 2. The van der Waals surface area contributed by atoms with Gasteiger partial charge >= 0.3 is 6.03 Å². The first-order valence-corrected chi connectivity index (χ1v) is 12.1. The van der Waals surface area contributed by atoms with Gasteiger partial charge in [-0.2, -0.15) is 0 Å². The molecule has 3 amide bonds. The fraction of sp³-hybridized carbons (Fsp3) is 0.0870. The molecule has 0 saturated heterocycles. The van der Waals surface area contributed by atoms with Crippen molar-refractivity contribution in [3.63, 3.8) is 0 Å². The number of carbonyl (C=O) groups is 2. The lowest BCUT2D eigenvalue weighted by Crippen LogP contribution is -2.34. The topological polar surface area (TPSA) is 114 Å². The third kappa shape index (κ3) is 5.93. The molecule has 0 radical (unpaired) electrons. The number of hydrogen-bond acceptors (Lipinski definition) is 7. The molecular formula is C23H19N3O5S2. The van der Waals surface area contributed by atoms with Crippen LogP contribution >= 0.6 is 11.3 Å². The number of benzene rings is 3. The van der Waals surface area contributed by atoms with E-state index in [0.29, 0.717) is 33.1 Å². The maximum absolute atomic E-state index is 12.7. The lowest BCUT2D eigenvalue weighted by atomic mass is 10.1. The molecule has 3 aromatic carbocycles. The van der Waals surface area contributed by atoms with Crippen LogP contribution in [0.4, 0.5) is 9.93 Å². The number of urea groups is 1. The molecule has 168 valence electrons. The predicted octanol–water partition coefficient (Wildman–Crippen LogP) is 3.95. The SMILES string of the molecule is O=C(NC(=O)c1ccccc1COc1ccccc1)Nc1nc2ccc(C[SH](=O)=O)cc2s1. The molecule has 1 aromatic heterocycles. The molecule has 0 bridgehead atoms. The van der Waals surface area contributed by atoms with Gasteiger partial charge in [-0.3, -0.25) is 15.4 Å². The Kier molecular flexibility index (Phi) is 6.96. The van der Waals surface area contributed by atoms with Crippen LogP contribution in [0.3, 0.4) is 0 Å². The van der Waals surface area contributed by atoms with E-state index in [1.165, 1.54) is 11.3 Å². The zero-order valence-electron chi connectivity index (χ0n) is 17.2. The first-order chi connectivity index (χ1) is 16.0. The van der Waals surface area contributed by atoms with Crippen molar-refractivity contribution < 1.29 is 22.7 Å². The molecule has 0 spiro atoms. The molecule has 2 N–H and O–H groups in total. The quantitative estimate of drug-likeness (QED) is 0.345. The van der Waals surface area contributed by atoms with Gasteiger partial charge in [-0.15, -0.1) is 0 Å². The van der Waals surface area contributed by atoms with E-state index in [-0.39, 0.29) is 12.4 Å². The number of nitrogens with zero attached hydrogens (tertiary/aromatic N) is 1. The molecule has 33 heavy (non-hydrogen) atoms. The summed E-state index contributed by atoms with van der Waals surface area (Å²) in [7, 11) is -2.53. The Bertz CT molecular complexity index is 1380. The Morgan fingerprint density at radius 2 is 1.73 bits per heavy atom. The monoisotopic (exact) mass is 481 g/mol. The Morgan fingerprint density at radius 1 is 0.970 bits per heavy atom. The van der Waals surface area contributed by atoms with Crippen molar-refractivity contribution in [3.8, 4) is 5.75 Å². The number of nitrogens with one attached hydrogen (secondary N) is 2. The van der Waals surface area contributed by atoms with E-state index in [1.54, 1.807) is 42.5 Å². The number of rotatable bonds is 7. The predicted molar refractivity (Wildman–Crippen MR) is 127 cm³/mol. The van der Waals surface area contributed by atoms with Gasteiger partial charge in [0.25, 0.3) is 5.91 Å². The lowest BCUT2D eigenvalue weighted by molar-refractivity contribution is 0.0964. The number of imide groups is 1. The molecular weight excluding hydrogens is 462 g/mol. The van der Waals surface area contributed by atoms with Gasteiger partial charge in [0, 0.05) is 11.1 Å². The number of aromatic nitrogens is 1. The molecule has 8 nitrogen and oxygen atoms in total. The first kappa shape index (κ1) is 22.4. The van der Waals surface area contributed by atoms with E-state index in [1.807, 2.05) is 30.3 Å². The molecule has 0 aliphatic carbocycles. The van der Waals surface area contributed by atoms with Crippen LogP contribution in [0.25, 0.3) is 10.2 Å². The second-order valence-electron chi connectivity index (χ2n) is 6.98. The van der Waals surface area contributed by atoms with Gasteiger partial charge in [-0.25, -0.2) is 18.2 Å². The van der Waals surface area contributed by atoms with Crippen molar-refractivity contribution in [1.29, 1.82) is 0 Å². The van der Waals surface area contributed by atoms with Crippen molar-refractivity contribution >= 4 is 49.3 Å². The Labute approximate surface area is 195 Å². The third-order valence-corrected chi connectivity index (χ3v) is 6.17. The van der Waals surface area contributed by atoms with E-state index in [0.717, 1.165) is 4.70 Å². The van der Waals surface area contributed by atoms with Crippen LogP contribution in [0.2, 0.25) is 0 Å². The maximum Gasteiger partial charge on any atom is 0.327 e. The van der Waals surface area contributed by atoms with Gasteiger partial charge in [0.2, 0.25) is 0 Å². The zero-order valence-corrected chi connectivity index (χ0v) is 18.9. The summed E-state index contributed by atoms with van der Waals surface area (Å²) in [4.78, 5) is 29.4. The molecule has 0 atom stereocenters. The van der Waals surface area contributed by atoms with Gasteiger partial charge in [0.05, 0.1) is 16.0 Å². The first-order valence-electron chi connectivity index (χ1n) is 9.87. The Morgan fingerprint density at radius 3 is 2.52 bits per heavy atom. The highest BCUT2D eigenvalue weighted by molar-refractivity contribution is 7.71. The van der Waals surface area contributed by atoms with Gasteiger partial charge < -0.3 is 4.74 Å². The summed E-state index contributed by atoms with van der Waals surface area (Å²) in [6.07, 6.45) is 0. The van der Waals surface area contributed by atoms with E-state index in [4.69, 9.17) is 4.74 Å². The summed E-state index contributed by atoms with van der Waals surface area (Å²) in [5.74, 6) is 0.0443. The molecule has 10 heteroatoms. The van der Waals surface area contributed by atoms with E-state index >= 15 is 0 Å². The summed E-state index contributed by atoms with van der Waals surface area (Å²) in [6.45, 7) is 0.171. The van der Waals surface area contributed by atoms with Gasteiger partial charge in [-0.1, -0.05) is 53.8 Å². The fourth-order valence-corrected chi connectivity index (χ4v) is 4.53. The fourth-order valence-electron chi connectivity index (χ4n) is 3.11. The minimum atomic E-state index is -2.53. The summed E-state index contributed by atoms with van der Waals surface area (Å²) in [6, 6.07) is 20.5. The summed E-state index contributed by atoms with van der Waals surface area (Å²) in [5, 5.41) is 5.15. The lowest BCUT2D eigenvalue weighted by Gasteiger charge is -2.11. The van der Waals surface area contributed by atoms with Crippen LogP contribution in [0, 0.1) is 0 Å². The Hall–Kier alpha value is -3.76. The average molecular weight is 482 g/mol. The van der Waals surface area contributed by atoms with E-state index in [9.17, 15) is 18.0 Å². The van der Waals surface area contributed by atoms with Crippen molar-refractivity contribution in [1.82, 2.24) is 10.3 Å². The summed E-state index contributed by atoms with van der Waals surface area (Å²) < 4.78 is 28.3. The summed E-state index contributed by atoms with van der Waals surface area (Å²) in [5.41, 5.74) is 2.22. The highest BCUT2D eigenvalue weighted by atomic mass is 32.2. The van der Waals surface area contributed by atoms with Crippen LogP contribution in [0.15, 0.2) is 72.8 Å². The van der Waals surface area contributed by atoms with Crippen LogP contribution in [-0.4, -0.2) is 25.3 Å². The van der Waals surface area contributed by atoms with Gasteiger partial charge in [-0.05, 0) is 35.9 Å². The molecule has 4 aromatic rings. The molecule has 0 aliphatic rings. The molecule has 0 saturated carbocycles. The van der Waals surface area contributed by atoms with Crippen molar-refractivity contribution in [3.05, 3.63) is 89.5 Å². The van der Waals surface area contributed by atoms with E-state index < -0.39 is 22.6 Å². The van der Waals surface area contributed by atoms with Gasteiger partial charge in [0.15, 0.2) is 5.13 Å². The summed E-state index contributed by atoms with van der Waals surface area (Å²) >= 11 is 1.19. The minimum Gasteiger partial charge on any atom is -0.489 e. The standard InChI is InChI=1S/C23H19N3O5S2/c27-21(18-9-5-4-6-16(18)13-31-17-7-2-1-3-8-17)25-22(28)26-23-24-19-11-10-15(14-33(29)30)12-20(19)32-23/h1-12,33H,13-14H2,(H2,24,25,26,27,28). The number of ether oxygens (including phenoxy) is 1. The number of hydrogen-bond donors (Lipinski definition) is 3. The smallest absolute Gasteiger partial charge is 0.327 e. The van der Waals surface area contributed by atoms with Crippen LogP contribution in [0.1, 0.15) is 21.5 Å². The second-order valence-corrected chi connectivity index (χ2v) is 8.99. The van der Waals surface area contributed by atoms with E-state index in [2.05, 4.69) is 15.6 Å². The minimum absolute atomic E-state index is 0.0612. The molecule has 0 unspecified atom stereocenters. The number of para-hydroxylation sites is 1. The average Bonchev–Trinajstić information content (AvgIpc) is 3.19. The Balaban J connectivity index is 1.41. The molecule has 0 aliphatic heterocycles. The van der Waals surface area contributed by atoms with Crippen LogP contribution in [0.5, 0.6) is 5.75 Å². The van der Waals surface area contributed by atoms with Crippen molar-refractivity contribution in [2.45, 2.75) is 12.4 Å². The zero-order chi connectivity index (χ0) is 23.2. The van der Waals surface area contributed by atoms with Crippen LogP contribution < -0.4 is 15.4 Å². The molecule has 1 heterocycles. The molecule has 0 fully saturated rings. The van der Waals surface area contributed by atoms with Gasteiger partial charge in [0.1, 0.15) is 23.1 Å². The van der Waals surface area contributed by atoms with Crippen molar-refractivity contribution in [2.75, 3.05) is 5.32 Å². The number of anilines is 1. The largest absolute Gasteiger partial charge is 0.489 e.